The Morgan fingerprint density at radius 3 is 2.64 bits per heavy atom. The number of methoxy groups -OCH3 is 1. The van der Waals surface area contributed by atoms with E-state index in [0.29, 0.717) is 6.04 Å². The van der Waals surface area contributed by atoms with Gasteiger partial charge in [0.25, 0.3) is 0 Å². The highest BCUT2D eigenvalue weighted by atomic mass is 16.5. The van der Waals surface area contributed by atoms with E-state index < -0.39 is 0 Å². The van der Waals surface area contributed by atoms with E-state index in [0.717, 1.165) is 61.2 Å². The smallest absolute Gasteiger partial charge is 0.161 e. The molecular weight excluding hydrogens is 314 g/mol. The molecule has 2 aliphatic rings. The standard InChI is InChI=1S/C20H25N3O2/c1-14-4-3-11-23(14)20-17-9-12-25-13-10-18(17)21-19(22-20)15-5-7-16(24-2)8-6-15/h5-8,14H,3-4,9-13H2,1-2H3/t14-/m0/s1. The van der Waals surface area contributed by atoms with Gasteiger partial charge in [0.1, 0.15) is 11.6 Å². The van der Waals surface area contributed by atoms with Crippen LogP contribution < -0.4 is 9.64 Å². The Morgan fingerprint density at radius 2 is 1.92 bits per heavy atom. The molecule has 5 nitrogen and oxygen atoms in total. The third kappa shape index (κ3) is 3.21. The molecule has 0 amide bonds. The van der Waals surface area contributed by atoms with Crippen molar-refractivity contribution < 1.29 is 9.47 Å². The second kappa shape index (κ2) is 7.00. The number of fused-ring (bicyclic) bond motifs is 1. The molecule has 3 heterocycles. The molecule has 0 N–H and O–H groups in total. The van der Waals surface area contributed by atoms with E-state index >= 15 is 0 Å². The van der Waals surface area contributed by atoms with Crippen LogP contribution in [-0.2, 0) is 17.6 Å². The Hall–Kier alpha value is -2.14. The fraction of sp³-hybridized carbons (Fsp3) is 0.500. The lowest BCUT2D eigenvalue weighted by Gasteiger charge is -2.26. The Bertz CT molecular complexity index is 745. The molecule has 0 bridgehead atoms. The number of benzene rings is 1. The summed E-state index contributed by atoms with van der Waals surface area (Å²) in [5.41, 5.74) is 3.46. The van der Waals surface area contributed by atoms with Crippen LogP contribution in [0.15, 0.2) is 24.3 Å². The van der Waals surface area contributed by atoms with Crippen molar-refractivity contribution in [2.75, 3.05) is 31.8 Å². The van der Waals surface area contributed by atoms with Crippen molar-refractivity contribution in [2.45, 2.75) is 38.6 Å². The third-order valence-corrected chi connectivity index (χ3v) is 5.22. The second-order valence-electron chi connectivity index (χ2n) is 6.82. The molecule has 4 rings (SSSR count). The van der Waals surface area contributed by atoms with Crippen molar-refractivity contribution in [2.24, 2.45) is 0 Å². The summed E-state index contributed by atoms with van der Waals surface area (Å²) in [7, 11) is 1.68. The zero-order valence-electron chi connectivity index (χ0n) is 15.0. The summed E-state index contributed by atoms with van der Waals surface area (Å²) in [6.45, 7) is 4.86. The molecule has 1 aromatic carbocycles. The van der Waals surface area contributed by atoms with Crippen molar-refractivity contribution in [3.05, 3.63) is 35.5 Å². The lowest BCUT2D eigenvalue weighted by atomic mass is 10.1. The Morgan fingerprint density at radius 1 is 1.12 bits per heavy atom. The van der Waals surface area contributed by atoms with Crippen molar-refractivity contribution in [1.29, 1.82) is 0 Å². The van der Waals surface area contributed by atoms with Gasteiger partial charge >= 0.3 is 0 Å². The maximum Gasteiger partial charge on any atom is 0.161 e. The van der Waals surface area contributed by atoms with E-state index in [-0.39, 0.29) is 0 Å². The minimum atomic E-state index is 0.534. The molecule has 132 valence electrons. The van der Waals surface area contributed by atoms with Gasteiger partial charge in [0.05, 0.1) is 26.0 Å². The van der Waals surface area contributed by atoms with Crippen LogP contribution in [0.2, 0.25) is 0 Å². The topological polar surface area (TPSA) is 47.5 Å². The van der Waals surface area contributed by atoms with Gasteiger partial charge in [-0.15, -0.1) is 0 Å². The van der Waals surface area contributed by atoms with Gasteiger partial charge in [-0.2, -0.15) is 0 Å². The number of ether oxygens (including phenoxy) is 2. The summed E-state index contributed by atoms with van der Waals surface area (Å²) < 4.78 is 11.0. The van der Waals surface area contributed by atoms with E-state index in [1.54, 1.807) is 7.11 Å². The summed E-state index contributed by atoms with van der Waals surface area (Å²) in [5.74, 6) is 2.77. The SMILES string of the molecule is COc1ccc(-c2nc3c(c(N4CCC[C@@H]4C)n2)CCOCC3)cc1. The first-order valence-corrected chi connectivity index (χ1v) is 9.15. The molecule has 1 saturated heterocycles. The van der Waals surface area contributed by atoms with Crippen LogP contribution >= 0.6 is 0 Å². The second-order valence-corrected chi connectivity index (χ2v) is 6.82. The Kier molecular flexibility index (Phi) is 4.57. The van der Waals surface area contributed by atoms with Crippen molar-refractivity contribution in [3.8, 4) is 17.1 Å². The predicted molar refractivity (Wildman–Crippen MR) is 98.3 cm³/mol. The molecule has 0 radical (unpaired) electrons. The maximum atomic E-state index is 5.69. The zero-order chi connectivity index (χ0) is 17.2. The van der Waals surface area contributed by atoms with Crippen LogP contribution in [0.4, 0.5) is 5.82 Å². The van der Waals surface area contributed by atoms with Crippen LogP contribution in [0.25, 0.3) is 11.4 Å². The van der Waals surface area contributed by atoms with E-state index in [9.17, 15) is 0 Å². The van der Waals surface area contributed by atoms with Crippen molar-refractivity contribution >= 4 is 5.82 Å². The van der Waals surface area contributed by atoms with Crippen LogP contribution in [0.1, 0.15) is 31.0 Å². The van der Waals surface area contributed by atoms with Crippen LogP contribution in [0, 0.1) is 0 Å². The Balaban J connectivity index is 1.80. The highest BCUT2D eigenvalue weighted by Crippen LogP contribution is 2.32. The Labute approximate surface area is 149 Å². The van der Waals surface area contributed by atoms with Gasteiger partial charge in [-0.1, -0.05) is 0 Å². The van der Waals surface area contributed by atoms with E-state index in [1.165, 1.54) is 18.4 Å². The average Bonchev–Trinajstić information content (AvgIpc) is 2.93. The van der Waals surface area contributed by atoms with Gasteiger partial charge in [-0.25, -0.2) is 9.97 Å². The normalized spacial score (nSPS) is 20.2. The number of hydrogen-bond acceptors (Lipinski definition) is 5. The molecule has 1 atom stereocenters. The first-order chi connectivity index (χ1) is 12.3. The van der Waals surface area contributed by atoms with Gasteiger partial charge < -0.3 is 14.4 Å². The minimum Gasteiger partial charge on any atom is -0.497 e. The minimum absolute atomic E-state index is 0.534. The summed E-state index contributed by atoms with van der Waals surface area (Å²) >= 11 is 0. The molecule has 0 aliphatic carbocycles. The molecule has 0 saturated carbocycles. The molecule has 0 unspecified atom stereocenters. The predicted octanol–water partition coefficient (Wildman–Crippen LogP) is 3.26. The van der Waals surface area contributed by atoms with E-state index in [1.807, 2.05) is 24.3 Å². The van der Waals surface area contributed by atoms with Crippen LogP contribution in [0.3, 0.4) is 0 Å². The summed E-state index contributed by atoms with van der Waals surface area (Å²) in [5, 5.41) is 0. The van der Waals surface area contributed by atoms with Gasteiger partial charge in [-0.05, 0) is 44.0 Å². The lowest BCUT2D eigenvalue weighted by molar-refractivity contribution is 0.146. The summed E-state index contributed by atoms with van der Waals surface area (Å²) in [6, 6.07) is 8.53. The summed E-state index contributed by atoms with van der Waals surface area (Å²) in [4.78, 5) is 12.4. The fourth-order valence-electron chi connectivity index (χ4n) is 3.78. The monoisotopic (exact) mass is 339 g/mol. The molecular formula is C20H25N3O2. The third-order valence-electron chi connectivity index (χ3n) is 5.22. The highest BCUT2D eigenvalue weighted by molar-refractivity contribution is 5.62. The zero-order valence-corrected chi connectivity index (χ0v) is 15.0. The first-order valence-electron chi connectivity index (χ1n) is 9.15. The summed E-state index contributed by atoms with van der Waals surface area (Å²) in [6.07, 6.45) is 4.22. The number of aromatic nitrogens is 2. The average molecular weight is 339 g/mol. The van der Waals surface area contributed by atoms with Gasteiger partial charge in [0, 0.05) is 36.6 Å². The molecule has 5 heteroatoms. The first kappa shape index (κ1) is 16.3. The van der Waals surface area contributed by atoms with E-state index in [4.69, 9.17) is 19.4 Å². The highest BCUT2D eigenvalue weighted by Gasteiger charge is 2.27. The molecule has 25 heavy (non-hydrogen) atoms. The quantitative estimate of drug-likeness (QED) is 0.859. The van der Waals surface area contributed by atoms with Gasteiger partial charge in [-0.3, -0.25) is 0 Å². The largest absolute Gasteiger partial charge is 0.497 e. The number of rotatable bonds is 3. The van der Waals surface area contributed by atoms with Gasteiger partial charge in [0.2, 0.25) is 0 Å². The molecule has 2 aliphatic heterocycles. The molecule has 0 spiro atoms. The van der Waals surface area contributed by atoms with Crippen LogP contribution in [0.5, 0.6) is 5.75 Å². The molecule has 1 aromatic heterocycles. The van der Waals surface area contributed by atoms with Gasteiger partial charge in [0.15, 0.2) is 5.82 Å². The molecule has 2 aromatic rings. The van der Waals surface area contributed by atoms with E-state index in [2.05, 4.69) is 11.8 Å². The lowest BCUT2D eigenvalue weighted by Crippen LogP contribution is -2.29. The number of anilines is 1. The van der Waals surface area contributed by atoms with Crippen LogP contribution in [-0.4, -0.2) is 42.9 Å². The number of hydrogen-bond donors (Lipinski definition) is 0. The maximum absolute atomic E-state index is 5.69. The fourth-order valence-corrected chi connectivity index (χ4v) is 3.78. The number of nitrogens with zero attached hydrogens (tertiary/aromatic N) is 3. The van der Waals surface area contributed by atoms with Crippen molar-refractivity contribution in [3.63, 3.8) is 0 Å². The molecule has 1 fully saturated rings. The van der Waals surface area contributed by atoms with Crippen molar-refractivity contribution in [1.82, 2.24) is 9.97 Å².